The van der Waals surface area contributed by atoms with Crippen LogP contribution in [0.5, 0.6) is 0 Å². The molecule has 0 amide bonds. The Hall–Kier alpha value is -3.82. The molecule has 222 valence electrons. The summed E-state index contributed by atoms with van der Waals surface area (Å²) in [5.41, 5.74) is 5.14. The van der Waals surface area contributed by atoms with Gasteiger partial charge in [0.1, 0.15) is 0 Å². The van der Waals surface area contributed by atoms with Crippen LogP contribution in [0.1, 0.15) is 28.8 Å². The number of carbonyl (C=O) groups is 1. The van der Waals surface area contributed by atoms with E-state index < -0.39 is 18.4 Å². The molecule has 3 heterocycles. The second kappa shape index (κ2) is 13.4. The predicted molar refractivity (Wildman–Crippen MR) is 161 cm³/mol. The lowest BCUT2D eigenvalue weighted by Crippen LogP contribution is -2.06. The Morgan fingerprint density at radius 3 is 2.07 bits per heavy atom. The SMILES string of the molecule is CC(=O)n1nc(C)c2ccccc21.Cc1[nH]nc2ccccc12.Cc1noc2ccc(S(=O)(=O)Cl)cc12.O=S(=O)(O)Cl. The molecule has 16 heteroatoms. The molecule has 0 fully saturated rings. The average molecular weight is 655 g/mol. The number of fused-ring (bicyclic) bond motifs is 3. The minimum atomic E-state index is -4.19. The number of H-pyrrole nitrogens is 1. The number of halogens is 2. The third-order valence-electron chi connectivity index (χ3n) is 5.63. The van der Waals surface area contributed by atoms with Gasteiger partial charge in [-0.25, -0.2) is 13.1 Å². The first kappa shape index (κ1) is 32.7. The summed E-state index contributed by atoms with van der Waals surface area (Å²) in [6, 6.07) is 20.2. The highest BCUT2D eigenvalue weighted by molar-refractivity contribution is 8.13. The molecule has 0 aliphatic rings. The van der Waals surface area contributed by atoms with E-state index in [-0.39, 0.29) is 10.8 Å². The molecule has 2 N–H and O–H groups in total. The van der Waals surface area contributed by atoms with Gasteiger partial charge in [0.05, 0.1) is 27.3 Å². The number of aryl methyl sites for hydroxylation is 3. The fourth-order valence-electron chi connectivity index (χ4n) is 3.74. The minimum Gasteiger partial charge on any atom is -0.356 e. The lowest BCUT2D eigenvalue weighted by molar-refractivity contribution is 0.0926. The van der Waals surface area contributed by atoms with Crippen molar-refractivity contribution >= 4 is 78.4 Å². The van der Waals surface area contributed by atoms with Crippen LogP contribution in [0.15, 0.2) is 76.1 Å². The van der Waals surface area contributed by atoms with E-state index in [0.717, 1.165) is 27.8 Å². The first-order valence-electron chi connectivity index (χ1n) is 11.9. The topological polar surface area (TPSA) is 178 Å². The average Bonchev–Trinajstić information content (AvgIpc) is 3.59. The van der Waals surface area contributed by atoms with Crippen LogP contribution in [0.25, 0.3) is 32.8 Å². The highest BCUT2D eigenvalue weighted by Crippen LogP contribution is 2.23. The van der Waals surface area contributed by atoms with E-state index in [1.165, 1.54) is 35.2 Å². The monoisotopic (exact) mass is 653 g/mol. The van der Waals surface area contributed by atoms with Crippen LogP contribution in [0.3, 0.4) is 0 Å². The number of aromatic amines is 1. The van der Waals surface area contributed by atoms with E-state index in [9.17, 15) is 13.2 Å². The quantitative estimate of drug-likeness (QED) is 0.159. The van der Waals surface area contributed by atoms with Crippen molar-refractivity contribution in [3.63, 3.8) is 0 Å². The van der Waals surface area contributed by atoms with Crippen LogP contribution < -0.4 is 0 Å². The summed E-state index contributed by atoms with van der Waals surface area (Å²) in [6.45, 7) is 7.17. The van der Waals surface area contributed by atoms with Gasteiger partial charge in [-0.2, -0.15) is 18.6 Å². The zero-order chi connectivity index (χ0) is 31.2. The largest absolute Gasteiger partial charge is 0.356 e. The van der Waals surface area contributed by atoms with Gasteiger partial charge in [-0.15, -0.1) is 0 Å². The number of hydrogen-bond acceptors (Lipinski definition) is 9. The molecule has 0 spiro atoms. The lowest BCUT2D eigenvalue weighted by Gasteiger charge is -1.94. The van der Waals surface area contributed by atoms with Crippen molar-refractivity contribution in [3.8, 4) is 0 Å². The van der Waals surface area contributed by atoms with Crippen LogP contribution >= 0.6 is 21.4 Å². The van der Waals surface area contributed by atoms with Gasteiger partial charge in [-0.3, -0.25) is 14.4 Å². The number of nitrogens with one attached hydrogen (secondary N) is 1. The Morgan fingerprint density at radius 2 is 1.48 bits per heavy atom. The summed E-state index contributed by atoms with van der Waals surface area (Å²) in [5.74, 6) is -0.0516. The maximum atomic E-state index is 11.2. The van der Waals surface area contributed by atoms with E-state index in [1.54, 1.807) is 6.92 Å². The van der Waals surface area contributed by atoms with Gasteiger partial charge in [0.25, 0.3) is 9.05 Å². The van der Waals surface area contributed by atoms with Crippen molar-refractivity contribution in [3.05, 3.63) is 83.8 Å². The molecule has 0 unspecified atom stereocenters. The summed E-state index contributed by atoms with van der Waals surface area (Å²) in [4.78, 5) is 11.2. The summed E-state index contributed by atoms with van der Waals surface area (Å²) >= 11 is 0. The van der Waals surface area contributed by atoms with Gasteiger partial charge in [-0.1, -0.05) is 41.6 Å². The first-order chi connectivity index (χ1) is 19.6. The number of nitrogens with zero attached hydrogens (tertiary/aromatic N) is 4. The number of rotatable bonds is 1. The Bertz CT molecular complexity index is 2080. The second-order valence-electron chi connectivity index (χ2n) is 8.68. The number of benzene rings is 3. The van der Waals surface area contributed by atoms with E-state index in [2.05, 4.69) is 37.2 Å². The van der Waals surface area contributed by atoms with Gasteiger partial charge >= 0.3 is 9.33 Å². The maximum Gasteiger partial charge on any atom is 0.353 e. The molecule has 0 saturated carbocycles. The van der Waals surface area contributed by atoms with Crippen LogP contribution in [0.4, 0.5) is 0 Å². The summed E-state index contributed by atoms with van der Waals surface area (Å²) in [6.07, 6.45) is 0. The van der Waals surface area contributed by atoms with E-state index in [0.29, 0.717) is 16.7 Å². The molecule has 0 bridgehead atoms. The Labute approximate surface area is 249 Å². The smallest absolute Gasteiger partial charge is 0.353 e. The highest BCUT2D eigenvalue weighted by Gasteiger charge is 2.13. The van der Waals surface area contributed by atoms with Crippen molar-refractivity contribution in [2.45, 2.75) is 32.6 Å². The molecule has 0 aliphatic carbocycles. The van der Waals surface area contributed by atoms with Gasteiger partial charge < -0.3 is 4.52 Å². The van der Waals surface area contributed by atoms with Gasteiger partial charge in [-0.05, 0) is 51.1 Å². The van der Waals surface area contributed by atoms with Gasteiger partial charge in [0, 0.05) is 50.1 Å². The van der Waals surface area contributed by atoms with E-state index in [1.807, 2.05) is 56.3 Å². The molecule has 0 atom stereocenters. The fourth-order valence-corrected chi connectivity index (χ4v) is 4.52. The first-order valence-corrected chi connectivity index (χ1v) is 16.5. The minimum absolute atomic E-state index is 0.0516. The Morgan fingerprint density at radius 1 is 0.881 bits per heavy atom. The van der Waals surface area contributed by atoms with E-state index >= 15 is 0 Å². The molecule has 12 nitrogen and oxygen atoms in total. The van der Waals surface area contributed by atoms with Crippen LogP contribution in [-0.4, -0.2) is 52.4 Å². The molecule has 6 aromatic rings. The van der Waals surface area contributed by atoms with Crippen molar-refractivity contribution in [1.82, 2.24) is 25.1 Å². The van der Waals surface area contributed by atoms with Crippen LogP contribution in [0, 0.1) is 20.8 Å². The molecule has 6 rings (SSSR count). The highest BCUT2D eigenvalue weighted by atomic mass is 35.7. The normalized spacial score (nSPS) is 11.2. The third kappa shape index (κ3) is 8.84. The zero-order valence-corrected chi connectivity index (χ0v) is 25.8. The van der Waals surface area contributed by atoms with Crippen LogP contribution in [0.2, 0.25) is 0 Å². The number of hydrogen-bond donors (Lipinski definition) is 2. The maximum absolute atomic E-state index is 11.2. The van der Waals surface area contributed by atoms with Crippen LogP contribution in [-0.2, 0) is 18.4 Å². The van der Waals surface area contributed by atoms with Crippen molar-refractivity contribution in [2.75, 3.05) is 0 Å². The Kier molecular flexibility index (Phi) is 10.5. The second-order valence-corrected chi connectivity index (χ2v) is 13.2. The lowest BCUT2D eigenvalue weighted by atomic mass is 10.2. The molecule has 0 saturated heterocycles. The zero-order valence-electron chi connectivity index (χ0n) is 22.6. The Balaban J connectivity index is 0.000000162. The third-order valence-corrected chi connectivity index (χ3v) is 6.98. The summed E-state index contributed by atoms with van der Waals surface area (Å²) in [7, 11) is 1.38. The molecular formula is C26H25Cl2N5O7S2. The number of carbonyl (C=O) groups excluding carboxylic acids is 1. The van der Waals surface area contributed by atoms with Crippen molar-refractivity contribution in [1.29, 1.82) is 0 Å². The van der Waals surface area contributed by atoms with Gasteiger partial charge in [0.15, 0.2) is 5.58 Å². The molecule has 42 heavy (non-hydrogen) atoms. The van der Waals surface area contributed by atoms with Crippen molar-refractivity contribution < 1.29 is 30.7 Å². The van der Waals surface area contributed by atoms with E-state index in [4.69, 9.17) is 28.2 Å². The molecule has 3 aromatic carbocycles. The summed E-state index contributed by atoms with van der Waals surface area (Å²) in [5, 5.41) is 17.8. The molecule has 0 radical (unpaired) electrons. The number of para-hydroxylation sites is 2. The molecule has 0 aliphatic heterocycles. The molecule has 3 aromatic heterocycles. The van der Waals surface area contributed by atoms with Gasteiger partial charge in [0.2, 0.25) is 5.91 Å². The van der Waals surface area contributed by atoms with Crippen molar-refractivity contribution in [2.24, 2.45) is 0 Å². The fraction of sp³-hybridized carbons (Fsp3) is 0.154. The standard InChI is InChI=1S/C10H10N2O.C8H6ClNO3S.C8H8N2.ClHO3S/c1-7-9-5-3-4-6-10(9)12(11-7)8(2)13;1-5-7-4-6(14(9,11)12)2-3-8(7)13-10-5;1-6-7-4-2-3-5-8(7)10-9-6;1-5(2,3)4/h3-6H,1-2H3;2-4H,1H3;2-5H,1H3,(H,9,10);(H,2,3,4). The number of aromatic nitrogens is 5. The summed E-state index contributed by atoms with van der Waals surface area (Å²) < 4.78 is 53.6. The molecular weight excluding hydrogens is 629 g/mol. The predicted octanol–water partition coefficient (Wildman–Crippen LogP) is 5.97.